The zero-order valence-electron chi connectivity index (χ0n) is 16.0. The maximum Gasteiger partial charge on any atom is 0.323 e. The van der Waals surface area contributed by atoms with Crippen LogP contribution in [-0.2, 0) is 9.67 Å². The first-order valence-electron chi connectivity index (χ1n) is 9.24. The Morgan fingerprint density at radius 1 is 1.18 bits per heavy atom. The van der Waals surface area contributed by atoms with Crippen LogP contribution in [0.25, 0.3) is 0 Å². The van der Waals surface area contributed by atoms with Gasteiger partial charge in [0.1, 0.15) is 5.82 Å². The largest absolute Gasteiger partial charge is 0.323 e. The number of nitrogens with one attached hydrogen (secondary N) is 1. The molecule has 2 heterocycles. The molecule has 7 heteroatoms. The molecule has 0 aliphatic carbocycles. The van der Waals surface area contributed by atoms with Gasteiger partial charge in [-0.2, -0.15) is 0 Å². The monoisotopic (exact) mass is 399 g/mol. The van der Waals surface area contributed by atoms with Crippen molar-refractivity contribution in [2.24, 2.45) is 0 Å². The number of carbonyl (C=O) groups excluding carboxylic acids is 2. The molecule has 0 saturated carbocycles. The molecule has 2 aliphatic heterocycles. The lowest BCUT2D eigenvalue weighted by atomic mass is 10.1. The summed E-state index contributed by atoms with van der Waals surface area (Å²) in [6, 6.07) is 12.9. The van der Waals surface area contributed by atoms with Crippen molar-refractivity contribution in [1.82, 2.24) is 4.90 Å². The summed E-state index contributed by atoms with van der Waals surface area (Å²) < 4.78 is 12.9. The first-order valence-corrected chi connectivity index (χ1v) is 10.1. The van der Waals surface area contributed by atoms with Gasteiger partial charge in [-0.25, -0.2) is 9.18 Å². The normalized spacial score (nSPS) is 22.6. The lowest BCUT2D eigenvalue weighted by molar-refractivity contribution is -0.123. The highest BCUT2D eigenvalue weighted by atomic mass is 32.2. The van der Waals surface area contributed by atoms with Crippen LogP contribution in [0.5, 0.6) is 0 Å². The zero-order valence-corrected chi connectivity index (χ0v) is 16.8. The number of anilines is 2. The quantitative estimate of drug-likeness (QED) is 0.814. The molecule has 0 radical (unpaired) electrons. The van der Waals surface area contributed by atoms with E-state index in [0.717, 1.165) is 11.3 Å². The second-order valence-corrected chi connectivity index (χ2v) is 9.50. The number of fused-ring (bicyclic) bond motifs is 2. The van der Waals surface area contributed by atoms with Gasteiger partial charge in [-0.15, -0.1) is 11.8 Å². The summed E-state index contributed by atoms with van der Waals surface area (Å²) in [5, 5.41) is 2.82. The van der Waals surface area contributed by atoms with Gasteiger partial charge in [-0.1, -0.05) is 18.2 Å². The molecule has 1 fully saturated rings. The Labute approximate surface area is 167 Å². The Kier molecular flexibility index (Phi) is 4.38. The summed E-state index contributed by atoms with van der Waals surface area (Å²) in [5.74, 6) is -0.466. The summed E-state index contributed by atoms with van der Waals surface area (Å²) in [5.41, 5.74) is 2.17. The molecule has 5 nitrogen and oxygen atoms in total. The van der Waals surface area contributed by atoms with Gasteiger partial charge < -0.3 is 10.2 Å². The van der Waals surface area contributed by atoms with Crippen molar-refractivity contribution in [1.29, 1.82) is 0 Å². The molecular formula is C21H22FN3O2S. The summed E-state index contributed by atoms with van der Waals surface area (Å²) in [7, 11) is 0. The van der Waals surface area contributed by atoms with E-state index >= 15 is 0 Å². The lowest BCUT2D eigenvalue weighted by Gasteiger charge is -2.33. The highest BCUT2D eigenvalue weighted by Crippen LogP contribution is 2.59. The Balaban J connectivity index is 1.77. The van der Waals surface area contributed by atoms with Crippen molar-refractivity contribution in [3.05, 3.63) is 59.9 Å². The first kappa shape index (κ1) is 18.8. The van der Waals surface area contributed by atoms with Crippen LogP contribution in [0, 0.1) is 5.82 Å². The van der Waals surface area contributed by atoms with Crippen molar-refractivity contribution in [2.75, 3.05) is 23.3 Å². The number of carbonyl (C=O) groups is 2. The zero-order chi connectivity index (χ0) is 20.1. The second-order valence-electron chi connectivity index (χ2n) is 7.60. The van der Waals surface area contributed by atoms with Crippen LogP contribution in [0.3, 0.4) is 0 Å². The molecule has 1 saturated heterocycles. The van der Waals surface area contributed by atoms with E-state index < -0.39 is 4.87 Å². The van der Waals surface area contributed by atoms with E-state index in [-0.39, 0.29) is 22.5 Å². The van der Waals surface area contributed by atoms with E-state index in [0.29, 0.717) is 18.8 Å². The number of hydrogen-bond acceptors (Lipinski definition) is 3. The SMILES string of the molecule is CCN1C(=O)[C@@]2(SC(C)(C)CN2C(=O)Nc2ccc(F)cc2)c2ccccc21. The molecule has 1 atom stereocenters. The molecule has 2 aliphatic rings. The van der Waals surface area contributed by atoms with Gasteiger partial charge in [0.25, 0.3) is 5.91 Å². The van der Waals surface area contributed by atoms with Crippen molar-refractivity contribution < 1.29 is 14.0 Å². The van der Waals surface area contributed by atoms with Gasteiger partial charge in [0.2, 0.25) is 0 Å². The third-order valence-corrected chi connectivity index (χ3v) is 6.69. The average molecular weight is 399 g/mol. The highest BCUT2D eigenvalue weighted by molar-refractivity contribution is 8.02. The van der Waals surface area contributed by atoms with E-state index in [1.54, 1.807) is 9.80 Å². The average Bonchev–Trinajstić information content (AvgIpc) is 3.09. The maximum absolute atomic E-state index is 13.6. The maximum atomic E-state index is 13.6. The predicted octanol–water partition coefficient (Wildman–Crippen LogP) is 4.40. The molecule has 1 spiro atoms. The predicted molar refractivity (Wildman–Crippen MR) is 110 cm³/mol. The topological polar surface area (TPSA) is 52.7 Å². The number of urea groups is 1. The molecule has 0 aromatic heterocycles. The van der Waals surface area contributed by atoms with Crippen LogP contribution in [-0.4, -0.2) is 34.7 Å². The molecule has 146 valence electrons. The summed E-state index contributed by atoms with van der Waals surface area (Å²) >= 11 is 1.51. The van der Waals surface area contributed by atoms with E-state index in [9.17, 15) is 14.0 Å². The third kappa shape index (κ3) is 2.76. The van der Waals surface area contributed by atoms with E-state index in [1.807, 2.05) is 45.0 Å². The molecule has 3 amide bonds. The van der Waals surface area contributed by atoms with Gasteiger partial charge in [0, 0.05) is 29.1 Å². The van der Waals surface area contributed by atoms with Crippen LogP contribution < -0.4 is 10.2 Å². The van der Waals surface area contributed by atoms with Crippen LogP contribution in [0.4, 0.5) is 20.6 Å². The number of likely N-dealkylation sites (N-methyl/N-ethyl adjacent to an activating group) is 1. The molecule has 2 aromatic carbocycles. The molecule has 4 rings (SSSR count). The number of halogens is 1. The Hall–Kier alpha value is -2.54. The highest BCUT2D eigenvalue weighted by Gasteiger charge is 2.63. The van der Waals surface area contributed by atoms with Crippen LogP contribution in [0.2, 0.25) is 0 Å². The number of hydrogen-bond donors (Lipinski definition) is 1. The number of benzene rings is 2. The minimum absolute atomic E-state index is 0.0963. The lowest BCUT2D eigenvalue weighted by Crippen LogP contribution is -2.51. The van der Waals surface area contributed by atoms with Gasteiger partial charge in [0.05, 0.1) is 5.69 Å². The van der Waals surface area contributed by atoms with Crippen molar-refractivity contribution >= 4 is 35.1 Å². The fraction of sp³-hybridized carbons (Fsp3) is 0.333. The molecule has 0 unspecified atom stereocenters. The van der Waals surface area contributed by atoms with Gasteiger partial charge in [-0.05, 0) is 51.1 Å². The fourth-order valence-electron chi connectivity index (χ4n) is 3.99. The van der Waals surface area contributed by atoms with E-state index in [4.69, 9.17) is 0 Å². The Morgan fingerprint density at radius 2 is 1.86 bits per heavy atom. The Bertz CT molecular complexity index is 947. The molecule has 2 aromatic rings. The summed E-state index contributed by atoms with van der Waals surface area (Å²) in [4.78, 5) is 29.1. The van der Waals surface area contributed by atoms with Crippen molar-refractivity contribution in [3.63, 3.8) is 0 Å². The standard InChI is InChI=1S/C21H22FN3O2S/c1-4-24-17-8-6-5-7-16(17)21(18(24)26)25(13-20(2,3)28-21)19(27)23-15-11-9-14(22)10-12-15/h5-12H,4,13H2,1-3H3,(H,23,27)/t21-/m0/s1. The molecule has 0 bridgehead atoms. The summed E-state index contributed by atoms with van der Waals surface area (Å²) in [6.45, 7) is 6.96. The molecule has 28 heavy (non-hydrogen) atoms. The van der Waals surface area contributed by atoms with Crippen LogP contribution in [0.15, 0.2) is 48.5 Å². The number of para-hydroxylation sites is 1. The number of amides is 3. The van der Waals surface area contributed by atoms with Crippen molar-refractivity contribution in [2.45, 2.75) is 30.4 Å². The van der Waals surface area contributed by atoms with Gasteiger partial charge in [0.15, 0.2) is 4.87 Å². The number of nitrogens with zero attached hydrogens (tertiary/aromatic N) is 2. The Morgan fingerprint density at radius 3 is 2.54 bits per heavy atom. The molecular weight excluding hydrogens is 377 g/mol. The van der Waals surface area contributed by atoms with Gasteiger partial charge >= 0.3 is 6.03 Å². The second kappa shape index (κ2) is 6.51. The molecule has 1 N–H and O–H groups in total. The van der Waals surface area contributed by atoms with E-state index in [2.05, 4.69) is 5.32 Å². The third-order valence-electron chi connectivity index (χ3n) is 5.09. The van der Waals surface area contributed by atoms with Crippen LogP contribution >= 0.6 is 11.8 Å². The number of thioether (sulfide) groups is 1. The first-order chi connectivity index (χ1) is 13.3. The minimum Gasteiger partial charge on any atom is -0.309 e. The smallest absolute Gasteiger partial charge is 0.309 e. The number of rotatable bonds is 2. The van der Waals surface area contributed by atoms with Crippen molar-refractivity contribution in [3.8, 4) is 0 Å². The fourth-order valence-corrected chi connectivity index (χ4v) is 5.73. The van der Waals surface area contributed by atoms with Crippen LogP contribution in [0.1, 0.15) is 26.3 Å². The summed E-state index contributed by atoms with van der Waals surface area (Å²) in [6.07, 6.45) is 0. The van der Waals surface area contributed by atoms with Gasteiger partial charge in [-0.3, -0.25) is 9.69 Å². The van der Waals surface area contributed by atoms with E-state index in [1.165, 1.54) is 36.0 Å². The minimum atomic E-state index is -1.10.